The molecule has 0 bridgehead atoms. The fraction of sp³-hybridized carbons (Fsp3) is 0.533. The minimum Gasteiger partial charge on any atom is -0.378 e. The number of methoxy groups -OCH3 is 1. The molecule has 92 valence electrons. The van der Waals surface area contributed by atoms with Gasteiger partial charge in [0.25, 0.3) is 0 Å². The molecular formula is C15H20O2. The van der Waals surface area contributed by atoms with E-state index < -0.39 is 0 Å². The Hall–Kier alpha value is -1.15. The minimum atomic E-state index is -0.125. The summed E-state index contributed by atoms with van der Waals surface area (Å²) in [6.45, 7) is 2.13. The third kappa shape index (κ3) is 2.75. The summed E-state index contributed by atoms with van der Waals surface area (Å²) >= 11 is 0. The Morgan fingerprint density at radius 2 is 1.88 bits per heavy atom. The van der Waals surface area contributed by atoms with E-state index in [1.165, 1.54) is 11.1 Å². The summed E-state index contributed by atoms with van der Waals surface area (Å²) in [5.74, 6) is 0.377. The molecule has 1 aliphatic rings. The van der Waals surface area contributed by atoms with Crippen LogP contribution >= 0.6 is 0 Å². The molecule has 0 N–H and O–H groups in total. The molecule has 2 heteroatoms. The van der Waals surface area contributed by atoms with Gasteiger partial charge in [0.1, 0.15) is 5.78 Å². The number of benzene rings is 1. The van der Waals surface area contributed by atoms with Gasteiger partial charge in [-0.25, -0.2) is 0 Å². The van der Waals surface area contributed by atoms with Crippen LogP contribution in [0.4, 0.5) is 0 Å². The predicted octanol–water partition coefficient (Wildman–Crippen LogP) is 3.07. The van der Waals surface area contributed by atoms with Gasteiger partial charge in [-0.15, -0.1) is 0 Å². The van der Waals surface area contributed by atoms with E-state index >= 15 is 0 Å². The molecule has 2 nitrogen and oxygen atoms in total. The van der Waals surface area contributed by atoms with Crippen LogP contribution in [-0.2, 0) is 16.0 Å². The maximum Gasteiger partial charge on any atom is 0.133 e. The molecule has 1 aromatic carbocycles. The van der Waals surface area contributed by atoms with Crippen molar-refractivity contribution in [3.05, 3.63) is 35.4 Å². The first kappa shape index (κ1) is 12.3. The molecule has 0 spiro atoms. The van der Waals surface area contributed by atoms with Gasteiger partial charge >= 0.3 is 0 Å². The Kier molecular flexibility index (Phi) is 3.63. The SMILES string of the molecule is COC1(Cc2ccccc2C)CCC(=O)CC1. The fourth-order valence-electron chi connectivity index (χ4n) is 2.59. The molecule has 0 saturated heterocycles. The number of aryl methyl sites for hydroxylation is 1. The second-order valence-corrected chi connectivity index (χ2v) is 5.03. The van der Waals surface area contributed by atoms with E-state index in [0.29, 0.717) is 18.6 Å². The van der Waals surface area contributed by atoms with E-state index in [9.17, 15) is 4.79 Å². The fourth-order valence-corrected chi connectivity index (χ4v) is 2.59. The monoisotopic (exact) mass is 232 g/mol. The van der Waals surface area contributed by atoms with Crippen LogP contribution in [0.2, 0.25) is 0 Å². The molecule has 0 amide bonds. The summed E-state index contributed by atoms with van der Waals surface area (Å²) in [5.41, 5.74) is 2.52. The first-order valence-corrected chi connectivity index (χ1v) is 6.27. The van der Waals surface area contributed by atoms with Crippen molar-refractivity contribution >= 4 is 5.78 Å². The van der Waals surface area contributed by atoms with E-state index in [2.05, 4.69) is 31.2 Å². The van der Waals surface area contributed by atoms with Crippen LogP contribution in [0.1, 0.15) is 36.8 Å². The Labute approximate surface area is 103 Å². The molecule has 1 fully saturated rings. The van der Waals surface area contributed by atoms with E-state index in [0.717, 1.165) is 19.3 Å². The second kappa shape index (κ2) is 5.01. The van der Waals surface area contributed by atoms with Gasteiger partial charge in [0.2, 0.25) is 0 Å². The van der Waals surface area contributed by atoms with Gasteiger partial charge in [0, 0.05) is 26.4 Å². The van der Waals surface area contributed by atoms with Crippen LogP contribution < -0.4 is 0 Å². The summed E-state index contributed by atoms with van der Waals surface area (Å²) in [6.07, 6.45) is 3.97. The lowest BCUT2D eigenvalue weighted by molar-refractivity contribution is -0.127. The van der Waals surface area contributed by atoms with Gasteiger partial charge < -0.3 is 4.74 Å². The minimum absolute atomic E-state index is 0.125. The van der Waals surface area contributed by atoms with Crippen molar-refractivity contribution in [2.24, 2.45) is 0 Å². The summed E-state index contributed by atoms with van der Waals surface area (Å²) in [4.78, 5) is 11.3. The third-order valence-corrected chi connectivity index (χ3v) is 3.93. The van der Waals surface area contributed by atoms with E-state index in [4.69, 9.17) is 4.74 Å². The summed E-state index contributed by atoms with van der Waals surface area (Å²) < 4.78 is 5.73. The Morgan fingerprint density at radius 3 is 2.47 bits per heavy atom. The molecule has 1 aromatic rings. The average Bonchev–Trinajstić information content (AvgIpc) is 2.35. The van der Waals surface area contributed by atoms with Crippen molar-refractivity contribution in [1.82, 2.24) is 0 Å². The maximum absolute atomic E-state index is 11.3. The number of ether oxygens (including phenoxy) is 1. The lowest BCUT2D eigenvalue weighted by atomic mass is 9.79. The second-order valence-electron chi connectivity index (χ2n) is 5.03. The highest BCUT2D eigenvalue weighted by atomic mass is 16.5. The van der Waals surface area contributed by atoms with Gasteiger partial charge in [-0.05, 0) is 30.9 Å². The highest BCUT2D eigenvalue weighted by Crippen LogP contribution is 2.33. The average molecular weight is 232 g/mol. The molecule has 1 aliphatic carbocycles. The largest absolute Gasteiger partial charge is 0.378 e. The standard InChI is InChI=1S/C15H20O2/c1-12-5-3-4-6-13(12)11-15(17-2)9-7-14(16)8-10-15/h3-6H,7-11H2,1-2H3. The van der Waals surface area contributed by atoms with Crippen LogP contribution in [-0.4, -0.2) is 18.5 Å². The summed E-state index contributed by atoms with van der Waals surface area (Å²) in [6, 6.07) is 8.42. The van der Waals surface area contributed by atoms with E-state index in [1.54, 1.807) is 7.11 Å². The van der Waals surface area contributed by atoms with Crippen molar-refractivity contribution in [3.63, 3.8) is 0 Å². The molecular weight excluding hydrogens is 212 g/mol. The number of hydrogen-bond acceptors (Lipinski definition) is 2. The van der Waals surface area contributed by atoms with Crippen molar-refractivity contribution in [2.75, 3.05) is 7.11 Å². The smallest absolute Gasteiger partial charge is 0.133 e. The van der Waals surface area contributed by atoms with Crippen LogP contribution in [0.15, 0.2) is 24.3 Å². The number of Topliss-reactive ketones (excluding diaryl/α,β-unsaturated/α-hetero) is 1. The Bertz CT molecular complexity index is 399. The lowest BCUT2D eigenvalue weighted by Crippen LogP contribution is -2.38. The van der Waals surface area contributed by atoms with Crippen molar-refractivity contribution in [3.8, 4) is 0 Å². The van der Waals surface area contributed by atoms with Crippen molar-refractivity contribution in [2.45, 2.75) is 44.6 Å². The first-order valence-electron chi connectivity index (χ1n) is 6.27. The zero-order valence-corrected chi connectivity index (χ0v) is 10.7. The van der Waals surface area contributed by atoms with E-state index in [1.807, 2.05) is 0 Å². The molecule has 17 heavy (non-hydrogen) atoms. The van der Waals surface area contributed by atoms with Gasteiger partial charge in [-0.1, -0.05) is 24.3 Å². The molecule has 0 aromatic heterocycles. The Morgan fingerprint density at radius 1 is 1.24 bits per heavy atom. The number of rotatable bonds is 3. The van der Waals surface area contributed by atoms with Crippen LogP contribution in [0.5, 0.6) is 0 Å². The normalized spacial score (nSPS) is 19.3. The summed E-state index contributed by atoms with van der Waals surface area (Å²) in [5, 5.41) is 0. The topological polar surface area (TPSA) is 26.3 Å². The van der Waals surface area contributed by atoms with Crippen LogP contribution in [0, 0.1) is 6.92 Å². The first-order chi connectivity index (χ1) is 8.15. The number of carbonyl (C=O) groups excluding carboxylic acids is 1. The number of carbonyl (C=O) groups is 1. The third-order valence-electron chi connectivity index (χ3n) is 3.93. The highest BCUT2D eigenvalue weighted by Gasteiger charge is 2.34. The van der Waals surface area contributed by atoms with Crippen LogP contribution in [0.3, 0.4) is 0 Å². The Balaban J connectivity index is 2.15. The summed E-state index contributed by atoms with van der Waals surface area (Å²) in [7, 11) is 1.77. The molecule has 1 saturated carbocycles. The zero-order valence-electron chi connectivity index (χ0n) is 10.7. The molecule has 0 heterocycles. The molecule has 0 unspecified atom stereocenters. The van der Waals surface area contributed by atoms with Crippen LogP contribution in [0.25, 0.3) is 0 Å². The number of hydrogen-bond donors (Lipinski definition) is 0. The van der Waals surface area contributed by atoms with Crippen molar-refractivity contribution in [1.29, 1.82) is 0 Å². The van der Waals surface area contributed by atoms with Crippen molar-refractivity contribution < 1.29 is 9.53 Å². The zero-order chi connectivity index (χ0) is 12.3. The predicted molar refractivity (Wildman–Crippen MR) is 68.1 cm³/mol. The van der Waals surface area contributed by atoms with Gasteiger partial charge in [-0.2, -0.15) is 0 Å². The van der Waals surface area contributed by atoms with Gasteiger partial charge in [0.05, 0.1) is 5.60 Å². The lowest BCUT2D eigenvalue weighted by Gasteiger charge is -2.36. The molecule has 0 atom stereocenters. The molecule has 0 radical (unpaired) electrons. The molecule has 2 rings (SSSR count). The maximum atomic E-state index is 11.3. The van der Waals surface area contributed by atoms with Gasteiger partial charge in [0.15, 0.2) is 0 Å². The van der Waals surface area contributed by atoms with E-state index in [-0.39, 0.29) is 5.60 Å². The highest BCUT2D eigenvalue weighted by molar-refractivity contribution is 5.79. The quantitative estimate of drug-likeness (QED) is 0.800. The number of ketones is 1. The van der Waals surface area contributed by atoms with Gasteiger partial charge in [-0.3, -0.25) is 4.79 Å². The molecule has 0 aliphatic heterocycles.